The standard InChI is InChI=1S/C25H24N2O5S/c1-33(30,31)27-15-7-8-18-16-19(13-14-22(18)27)23(28)17-32-24-12-6-5-11-21(24)25(29)26-20-9-3-2-4-10-20/h2-6,9-14,16H,7-8,15,17H2,1H3,(H,26,29). The van der Waals surface area contributed by atoms with E-state index < -0.39 is 10.0 Å². The van der Waals surface area contributed by atoms with Gasteiger partial charge in [0.1, 0.15) is 5.75 Å². The van der Waals surface area contributed by atoms with Crippen molar-refractivity contribution in [1.29, 1.82) is 0 Å². The molecular formula is C25H24N2O5S. The summed E-state index contributed by atoms with van der Waals surface area (Å²) in [6.45, 7) is 0.189. The number of ketones is 1. The number of nitrogens with one attached hydrogen (secondary N) is 1. The number of ether oxygens (including phenoxy) is 1. The zero-order valence-corrected chi connectivity index (χ0v) is 19.0. The van der Waals surface area contributed by atoms with Gasteiger partial charge >= 0.3 is 0 Å². The van der Waals surface area contributed by atoms with Gasteiger partial charge in [0.05, 0.1) is 17.5 Å². The molecule has 0 spiro atoms. The van der Waals surface area contributed by atoms with Gasteiger partial charge in [0.15, 0.2) is 12.4 Å². The van der Waals surface area contributed by atoms with Crippen LogP contribution in [0.4, 0.5) is 11.4 Å². The number of hydrogen-bond donors (Lipinski definition) is 1. The van der Waals surface area contributed by atoms with Crippen LogP contribution in [0.15, 0.2) is 72.8 Å². The zero-order chi connectivity index (χ0) is 23.4. The average Bonchev–Trinajstić information content (AvgIpc) is 2.82. The van der Waals surface area contributed by atoms with E-state index in [4.69, 9.17) is 4.74 Å². The monoisotopic (exact) mass is 464 g/mol. The Labute approximate surface area is 193 Å². The molecule has 1 heterocycles. The van der Waals surface area contributed by atoms with Crippen molar-refractivity contribution in [3.05, 3.63) is 89.5 Å². The van der Waals surface area contributed by atoms with E-state index in [1.807, 2.05) is 18.2 Å². The van der Waals surface area contributed by atoms with E-state index in [9.17, 15) is 18.0 Å². The molecule has 33 heavy (non-hydrogen) atoms. The molecule has 1 N–H and O–H groups in total. The van der Waals surface area contributed by atoms with E-state index in [1.54, 1.807) is 54.6 Å². The van der Waals surface area contributed by atoms with E-state index in [-0.39, 0.29) is 18.3 Å². The molecule has 0 aromatic heterocycles. The third kappa shape index (κ3) is 5.23. The van der Waals surface area contributed by atoms with Gasteiger partial charge in [0, 0.05) is 17.8 Å². The third-order valence-corrected chi connectivity index (χ3v) is 6.58. The molecule has 0 saturated heterocycles. The van der Waals surface area contributed by atoms with Gasteiger partial charge in [-0.1, -0.05) is 30.3 Å². The lowest BCUT2D eigenvalue weighted by atomic mass is 9.99. The molecule has 4 rings (SSSR count). The van der Waals surface area contributed by atoms with Crippen molar-refractivity contribution in [2.24, 2.45) is 0 Å². The number of rotatable bonds is 7. The highest BCUT2D eigenvalue weighted by atomic mass is 32.2. The smallest absolute Gasteiger partial charge is 0.259 e. The van der Waals surface area contributed by atoms with Crippen LogP contribution < -0.4 is 14.4 Å². The fourth-order valence-electron chi connectivity index (χ4n) is 3.81. The highest BCUT2D eigenvalue weighted by Gasteiger charge is 2.25. The van der Waals surface area contributed by atoms with Gasteiger partial charge < -0.3 is 10.1 Å². The zero-order valence-electron chi connectivity index (χ0n) is 18.2. The molecule has 170 valence electrons. The van der Waals surface area contributed by atoms with Gasteiger partial charge in [-0.2, -0.15) is 0 Å². The molecule has 0 bridgehead atoms. The molecule has 0 atom stereocenters. The Hall–Kier alpha value is -3.65. The Kier molecular flexibility index (Phi) is 6.46. The summed E-state index contributed by atoms with van der Waals surface area (Å²) < 4.78 is 31.2. The molecule has 1 aliphatic rings. The molecule has 8 heteroatoms. The van der Waals surface area contributed by atoms with E-state index >= 15 is 0 Å². The first-order chi connectivity index (χ1) is 15.8. The SMILES string of the molecule is CS(=O)(=O)N1CCCc2cc(C(=O)COc3ccccc3C(=O)Nc3ccccc3)ccc21. The fourth-order valence-corrected chi connectivity index (χ4v) is 4.80. The Morgan fingerprint density at radius 1 is 1.00 bits per heavy atom. The van der Waals surface area contributed by atoms with Crippen LogP contribution in [0.5, 0.6) is 5.75 Å². The maximum absolute atomic E-state index is 12.8. The molecular weight excluding hydrogens is 440 g/mol. The third-order valence-electron chi connectivity index (χ3n) is 5.40. The van der Waals surface area contributed by atoms with Crippen molar-refractivity contribution in [3.63, 3.8) is 0 Å². The summed E-state index contributed by atoms with van der Waals surface area (Å²) in [5, 5.41) is 2.81. The molecule has 0 saturated carbocycles. The molecule has 0 radical (unpaired) electrons. The minimum Gasteiger partial charge on any atom is -0.485 e. The average molecular weight is 465 g/mol. The predicted molar refractivity (Wildman–Crippen MR) is 128 cm³/mol. The van der Waals surface area contributed by atoms with Gasteiger partial charge in [-0.3, -0.25) is 13.9 Å². The Morgan fingerprint density at radius 2 is 1.73 bits per heavy atom. The topological polar surface area (TPSA) is 92.8 Å². The lowest BCUT2D eigenvalue weighted by Crippen LogP contribution is -2.34. The highest BCUT2D eigenvalue weighted by Crippen LogP contribution is 2.30. The van der Waals surface area contributed by atoms with Gasteiger partial charge in [0.2, 0.25) is 10.0 Å². The number of fused-ring (bicyclic) bond motifs is 1. The molecule has 3 aromatic rings. The lowest BCUT2D eigenvalue weighted by molar-refractivity contribution is 0.0914. The van der Waals surface area contributed by atoms with Crippen LogP contribution in [0.25, 0.3) is 0 Å². The highest BCUT2D eigenvalue weighted by molar-refractivity contribution is 7.92. The largest absolute Gasteiger partial charge is 0.485 e. The van der Waals surface area contributed by atoms with Crippen LogP contribution in [-0.2, 0) is 16.4 Å². The molecule has 0 aliphatic carbocycles. The lowest BCUT2D eigenvalue weighted by Gasteiger charge is -2.29. The van der Waals surface area contributed by atoms with Crippen molar-refractivity contribution in [2.45, 2.75) is 12.8 Å². The van der Waals surface area contributed by atoms with Gasteiger partial charge in [0.25, 0.3) is 5.91 Å². The number of aryl methyl sites for hydroxylation is 1. The molecule has 7 nitrogen and oxygen atoms in total. The predicted octanol–water partition coefficient (Wildman–Crippen LogP) is 3.91. The van der Waals surface area contributed by atoms with Crippen LogP contribution >= 0.6 is 0 Å². The number of para-hydroxylation sites is 2. The number of nitrogens with zero attached hydrogens (tertiary/aromatic N) is 1. The van der Waals surface area contributed by atoms with Crippen LogP contribution in [0.1, 0.15) is 32.7 Å². The van der Waals surface area contributed by atoms with Crippen molar-refractivity contribution < 1.29 is 22.7 Å². The molecule has 0 unspecified atom stereocenters. The van der Waals surface area contributed by atoms with Gasteiger partial charge in [-0.25, -0.2) is 8.42 Å². The summed E-state index contributed by atoms with van der Waals surface area (Å²) in [5.41, 5.74) is 2.86. The second-order valence-electron chi connectivity index (χ2n) is 7.81. The number of anilines is 2. The van der Waals surface area contributed by atoms with E-state index in [0.717, 1.165) is 5.56 Å². The maximum atomic E-state index is 12.8. The fraction of sp³-hybridized carbons (Fsp3) is 0.200. The summed E-state index contributed by atoms with van der Waals surface area (Å²) >= 11 is 0. The van der Waals surface area contributed by atoms with Gasteiger partial charge in [-0.15, -0.1) is 0 Å². The number of sulfonamides is 1. The first-order valence-corrected chi connectivity index (χ1v) is 12.4. The first kappa shape index (κ1) is 22.5. The minimum absolute atomic E-state index is 0.246. The summed E-state index contributed by atoms with van der Waals surface area (Å²) in [5.74, 6) is -0.285. The van der Waals surface area contributed by atoms with Crippen LogP contribution in [0, 0.1) is 0 Å². The number of hydrogen-bond acceptors (Lipinski definition) is 5. The second kappa shape index (κ2) is 9.46. The summed E-state index contributed by atoms with van der Waals surface area (Å²) in [4.78, 5) is 25.5. The summed E-state index contributed by atoms with van der Waals surface area (Å²) in [7, 11) is -3.37. The first-order valence-electron chi connectivity index (χ1n) is 10.5. The van der Waals surface area contributed by atoms with Gasteiger partial charge in [-0.05, 0) is 60.9 Å². The van der Waals surface area contributed by atoms with Crippen molar-refractivity contribution in [2.75, 3.05) is 29.0 Å². The van der Waals surface area contributed by atoms with Crippen LogP contribution in [0.3, 0.4) is 0 Å². The Balaban J connectivity index is 1.47. The van der Waals surface area contributed by atoms with Crippen molar-refractivity contribution in [1.82, 2.24) is 0 Å². The van der Waals surface area contributed by atoms with Crippen molar-refractivity contribution >= 4 is 33.1 Å². The summed E-state index contributed by atoms with van der Waals surface area (Å²) in [6, 6.07) is 20.8. The number of carbonyl (C=O) groups excluding carboxylic acids is 2. The second-order valence-corrected chi connectivity index (χ2v) is 9.72. The normalized spacial score (nSPS) is 13.2. The van der Waals surface area contributed by atoms with E-state index in [1.165, 1.54) is 10.6 Å². The molecule has 1 aliphatic heterocycles. The number of Topliss-reactive ketones (excluding diaryl/α,β-unsaturated/α-hetero) is 1. The quantitative estimate of drug-likeness (QED) is 0.535. The van der Waals surface area contributed by atoms with Crippen molar-refractivity contribution in [3.8, 4) is 5.75 Å². The number of carbonyl (C=O) groups is 2. The maximum Gasteiger partial charge on any atom is 0.259 e. The molecule has 3 aromatic carbocycles. The minimum atomic E-state index is -3.37. The summed E-state index contributed by atoms with van der Waals surface area (Å²) in [6.07, 6.45) is 2.57. The number of benzene rings is 3. The Bertz CT molecular complexity index is 1290. The molecule has 0 fully saturated rings. The van der Waals surface area contributed by atoms with E-state index in [2.05, 4.69) is 5.32 Å². The Morgan fingerprint density at radius 3 is 2.48 bits per heavy atom. The van der Waals surface area contributed by atoms with Crippen LogP contribution in [-0.4, -0.2) is 39.5 Å². The number of amides is 1. The van der Waals surface area contributed by atoms with Crippen LogP contribution in [0.2, 0.25) is 0 Å². The molecule has 1 amide bonds. The van der Waals surface area contributed by atoms with E-state index in [0.29, 0.717) is 47.6 Å².